The number of halogens is 2. The van der Waals surface area contributed by atoms with E-state index >= 15 is 0 Å². The van der Waals surface area contributed by atoms with E-state index in [4.69, 9.17) is 14.2 Å². The van der Waals surface area contributed by atoms with Gasteiger partial charge in [-0.15, -0.1) is 0 Å². The Labute approximate surface area is 231 Å². The van der Waals surface area contributed by atoms with Crippen LogP contribution >= 0.6 is 0 Å². The summed E-state index contributed by atoms with van der Waals surface area (Å²) in [5, 5.41) is 0. The molecule has 39 heavy (non-hydrogen) atoms. The van der Waals surface area contributed by atoms with Crippen LogP contribution in [-0.4, -0.2) is 19.2 Å². The van der Waals surface area contributed by atoms with E-state index in [1.54, 1.807) is 24.3 Å². The van der Waals surface area contributed by atoms with Gasteiger partial charge in [0.25, 0.3) is 0 Å². The molecule has 0 saturated carbocycles. The molecule has 6 heteroatoms. The lowest BCUT2D eigenvalue weighted by atomic mass is 10.0. The summed E-state index contributed by atoms with van der Waals surface area (Å²) in [6, 6.07) is 17.1. The molecule has 0 aliphatic rings. The van der Waals surface area contributed by atoms with E-state index in [2.05, 4.69) is 13.8 Å². The van der Waals surface area contributed by atoms with Gasteiger partial charge in [0.2, 0.25) is 11.6 Å². The zero-order valence-corrected chi connectivity index (χ0v) is 23.1. The standard InChI is InChI=1S/C33H40F2O4/c1-3-5-7-9-11-23-37-28-19-17-26(18-20-28)25-13-15-27(16-14-25)33(36)39-30-22-21-29(31(34)32(30)35)38-24-12-10-8-6-4-2/h13-22H,3-12,23-24H2,1-2H3. The van der Waals surface area contributed by atoms with Crippen LogP contribution in [0.25, 0.3) is 11.1 Å². The normalized spacial score (nSPS) is 10.9. The van der Waals surface area contributed by atoms with Gasteiger partial charge in [-0.1, -0.05) is 89.5 Å². The Balaban J connectivity index is 1.51. The fourth-order valence-electron chi connectivity index (χ4n) is 4.19. The number of ether oxygens (including phenoxy) is 3. The summed E-state index contributed by atoms with van der Waals surface area (Å²) >= 11 is 0. The molecule has 0 heterocycles. The van der Waals surface area contributed by atoms with Crippen molar-refractivity contribution in [1.29, 1.82) is 0 Å². The molecule has 0 saturated heterocycles. The third-order valence-electron chi connectivity index (χ3n) is 6.54. The third-order valence-corrected chi connectivity index (χ3v) is 6.54. The van der Waals surface area contributed by atoms with Crippen LogP contribution in [0.3, 0.4) is 0 Å². The summed E-state index contributed by atoms with van der Waals surface area (Å²) in [6.45, 7) is 5.35. The molecule has 3 aromatic rings. The Hall–Kier alpha value is -3.41. The van der Waals surface area contributed by atoms with Crippen molar-refractivity contribution < 1.29 is 27.8 Å². The Kier molecular flexibility index (Phi) is 12.8. The molecule has 0 N–H and O–H groups in total. The number of carbonyl (C=O) groups is 1. The highest BCUT2D eigenvalue weighted by molar-refractivity contribution is 5.91. The second-order valence-corrected chi connectivity index (χ2v) is 9.71. The van der Waals surface area contributed by atoms with Crippen LogP contribution in [0.2, 0.25) is 0 Å². The minimum Gasteiger partial charge on any atom is -0.494 e. The van der Waals surface area contributed by atoms with Crippen molar-refractivity contribution in [1.82, 2.24) is 0 Å². The molecule has 0 bridgehead atoms. The molecular weight excluding hydrogens is 498 g/mol. The molecule has 0 radical (unpaired) electrons. The third kappa shape index (κ3) is 9.68. The first-order valence-corrected chi connectivity index (χ1v) is 14.2. The van der Waals surface area contributed by atoms with Crippen molar-refractivity contribution in [2.24, 2.45) is 0 Å². The number of hydrogen-bond donors (Lipinski definition) is 0. The maximum atomic E-state index is 14.5. The summed E-state index contributed by atoms with van der Waals surface area (Å²) in [4.78, 5) is 12.6. The van der Waals surface area contributed by atoms with Gasteiger partial charge in [0, 0.05) is 0 Å². The number of unbranched alkanes of at least 4 members (excludes halogenated alkanes) is 8. The number of esters is 1. The molecule has 0 aliphatic heterocycles. The van der Waals surface area contributed by atoms with Gasteiger partial charge in [0.1, 0.15) is 5.75 Å². The largest absolute Gasteiger partial charge is 0.494 e. The molecule has 4 nitrogen and oxygen atoms in total. The predicted molar refractivity (Wildman–Crippen MR) is 152 cm³/mol. The van der Waals surface area contributed by atoms with Crippen LogP contribution in [0.15, 0.2) is 60.7 Å². The molecule has 0 atom stereocenters. The Bertz CT molecular complexity index is 1140. The summed E-state index contributed by atoms with van der Waals surface area (Å²) in [5.74, 6) is -3.01. The fraction of sp³-hybridized carbons (Fsp3) is 0.424. The van der Waals surface area contributed by atoms with Crippen molar-refractivity contribution in [3.05, 3.63) is 77.9 Å². The average molecular weight is 539 g/mol. The van der Waals surface area contributed by atoms with Crippen LogP contribution in [0.1, 0.15) is 88.4 Å². The van der Waals surface area contributed by atoms with Crippen molar-refractivity contribution in [3.8, 4) is 28.4 Å². The first-order chi connectivity index (χ1) is 19.0. The first-order valence-electron chi connectivity index (χ1n) is 14.2. The molecule has 0 aliphatic carbocycles. The summed E-state index contributed by atoms with van der Waals surface area (Å²) in [7, 11) is 0. The van der Waals surface area contributed by atoms with Crippen molar-refractivity contribution >= 4 is 5.97 Å². The molecule has 210 valence electrons. The van der Waals surface area contributed by atoms with Gasteiger partial charge in [-0.3, -0.25) is 0 Å². The lowest BCUT2D eigenvalue weighted by molar-refractivity contribution is 0.0726. The predicted octanol–water partition coefficient (Wildman–Crippen LogP) is 9.55. The van der Waals surface area contributed by atoms with E-state index in [0.29, 0.717) is 13.2 Å². The van der Waals surface area contributed by atoms with Gasteiger partial charge < -0.3 is 14.2 Å². The van der Waals surface area contributed by atoms with Crippen LogP contribution in [-0.2, 0) is 0 Å². The van der Waals surface area contributed by atoms with Crippen molar-refractivity contribution in [2.45, 2.75) is 78.1 Å². The van der Waals surface area contributed by atoms with E-state index < -0.39 is 23.4 Å². The minimum atomic E-state index is -1.24. The van der Waals surface area contributed by atoms with Crippen LogP contribution in [0.4, 0.5) is 8.78 Å². The van der Waals surface area contributed by atoms with Gasteiger partial charge in [0.05, 0.1) is 18.8 Å². The van der Waals surface area contributed by atoms with Crippen LogP contribution in [0.5, 0.6) is 17.2 Å². The van der Waals surface area contributed by atoms with Crippen LogP contribution < -0.4 is 14.2 Å². The molecule has 0 amide bonds. The maximum absolute atomic E-state index is 14.5. The maximum Gasteiger partial charge on any atom is 0.343 e. The molecule has 3 rings (SSSR count). The summed E-state index contributed by atoms with van der Waals surface area (Å²) < 4.78 is 45.3. The van der Waals surface area contributed by atoms with Crippen molar-refractivity contribution in [3.63, 3.8) is 0 Å². The van der Waals surface area contributed by atoms with Gasteiger partial charge in [-0.25, -0.2) is 4.79 Å². The summed E-state index contributed by atoms with van der Waals surface area (Å²) in [5.41, 5.74) is 2.11. The van der Waals surface area contributed by atoms with Crippen molar-refractivity contribution in [2.75, 3.05) is 13.2 Å². The molecule has 0 unspecified atom stereocenters. The SMILES string of the molecule is CCCCCCCOc1ccc(-c2ccc(C(=O)Oc3ccc(OCCCCCCC)c(F)c3F)cc2)cc1. The number of hydrogen-bond acceptors (Lipinski definition) is 4. The molecular formula is C33H40F2O4. The second-order valence-electron chi connectivity index (χ2n) is 9.71. The van der Waals surface area contributed by atoms with E-state index in [1.807, 2.05) is 24.3 Å². The van der Waals surface area contributed by atoms with Gasteiger partial charge in [-0.2, -0.15) is 8.78 Å². The molecule has 0 spiro atoms. The highest BCUT2D eigenvalue weighted by atomic mass is 19.2. The number of rotatable bonds is 17. The van der Waals surface area contributed by atoms with Gasteiger partial charge in [0.15, 0.2) is 11.5 Å². The Morgan fingerprint density at radius 1 is 0.590 bits per heavy atom. The highest BCUT2D eigenvalue weighted by Crippen LogP contribution is 2.29. The smallest absolute Gasteiger partial charge is 0.343 e. The van der Waals surface area contributed by atoms with E-state index in [0.717, 1.165) is 55.4 Å². The zero-order valence-electron chi connectivity index (χ0n) is 23.1. The quantitative estimate of drug-likeness (QED) is 0.0975. The summed E-state index contributed by atoms with van der Waals surface area (Å²) in [6.07, 6.45) is 11.1. The lowest BCUT2D eigenvalue weighted by Crippen LogP contribution is -2.10. The highest BCUT2D eigenvalue weighted by Gasteiger charge is 2.19. The Morgan fingerprint density at radius 3 is 1.67 bits per heavy atom. The monoisotopic (exact) mass is 538 g/mol. The van der Waals surface area contributed by atoms with E-state index in [1.165, 1.54) is 37.8 Å². The second kappa shape index (κ2) is 16.5. The van der Waals surface area contributed by atoms with Gasteiger partial charge >= 0.3 is 5.97 Å². The number of benzene rings is 3. The van der Waals surface area contributed by atoms with E-state index in [9.17, 15) is 13.6 Å². The molecule has 0 fully saturated rings. The topological polar surface area (TPSA) is 44.8 Å². The Morgan fingerprint density at radius 2 is 1.08 bits per heavy atom. The zero-order chi connectivity index (χ0) is 27.9. The minimum absolute atomic E-state index is 0.185. The van der Waals surface area contributed by atoms with Gasteiger partial charge in [-0.05, 0) is 60.4 Å². The fourth-order valence-corrected chi connectivity index (χ4v) is 4.19. The lowest BCUT2D eigenvalue weighted by Gasteiger charge is -2.11. The molecule has 0 aromatic heterocycles. The molecule has 3 aromatic carbocycles. The number of carbonyl (C=O) groups excluding carboxylic acids is 1. The first kappa shape index (κ1) is 30.1. The van der Waals surface area contributed by atoms with Crippen LogP contribution in [0, 0.1) is 11.6 Å². The van der Waals surface area contributed by atoms with E-state index in [-0.39, 0.29) is 11.3 Å². The average Bonchev–Trinajstić information content (AvgIpc) is 2.96.